The molecule has 0 radical (unpaired) electrons. The number of ether oxygens (including phenoxy) is 2. The molecule has 3 heteroatoms. The van der Waals surface area contributed by atoms with Gasteiger partial charge in [0.2, 0.25) is 0 Å². The number of benzene rings is 1. The summed E-state index contributed by atoms with van der Waals surface area (Å²) in [7, 11) is 5.46. The average Bonchev–Trinajstić information content (AvgIpc) is 2.29. The summed E-state index contributed by atoms with van der Waals surface area (Å²) in [5.41, 5.74) is 1.16. The monoisotopic (exact) mass is 223 g/mol. The maximum absolute atomic E-state index is 5.39. The molecule has 0 aliphatic carbocycles. The zero-order valence-corrected chi connectivity index (χ0v) is 10.6. The van der Waals surface area contributed by atoms with Gasteiger partial charge in [0, 0.05) is 12.1 Å². The largest absolute Gasteiger partial charge is 0.493 e. The van der Waals surface area contributed by atoms with Crippen LogP contribution in [0.2, 0.25) is 0 Å². The molecule has 0 aliphatic rings. The molecule has 0 aromatic heterocycles. The first-order chi connectivity index (χ1) is 7.72. The molecule has 1 aromatic carbocycles. The molecule has 1 aromatic rings. The van der Waals surface area contributed by atoms with Crippen LogP contribution in [-0.4, -0.2) is 32.7 Å². The molecule has 0 unspecified atom stereocenters. The van der Waals surface area contributed by atoms with E-state index in [4.69, 9.17) is 9.47 Å². The molecular formula is C13H21NO2. The van der Waals surface area contributed by atoms with Gasteiger partial charge >= 0.3 is 0 Å². The molecular weight excluding hydrogens is 202 g/mol. The van der Waals surface area contributed by atoms with Gasteiger partial charge in [0.15, 0.2) is 11.5 Å². The summed E-state index contributed by atoms with van der Waals surface area (Å²) in [6, 6.07) is 5.99. The van der Waals surface area contributed by atoms with Crippen molar-refractivity contribution in [2.45, 2.75) is 19.9 Å². The summed E-state index contributed by atoms with van der Waals surface area (Å²) >= 11 is 0. The second kappa shape index (κ2) is 6.38. The summed E-state index contributed by atoms with van der Waals surface area (Å²) in [5, 5.41) is 0. The van der Waals surface area contributed by atoms with Crippen molar-refractivity contribution in [3.05, 3.63) is 23.8 Å². The summed E-state index contributed by atoms with van der Waals surface area (Å²) in [6.07, 6.45) is 1.16. The topological polar surface area (TPSA) is 21.7 Å². The molecule has 0 amide bonds. The van der Waals surface area contributed by atoms with E-state index >= 15 is 0 Å². The quantitative estimate of drug-likeness (QED) is 0.739. The minimum atomic E-state index is 0.796. The molecule has 0 saturated heterocycles. The molecule has 0 heterocycles. The number of rotatable bonds is 6. The van der Waals surface area contributed by atoms with Crippen LogP contribution in [-0.2, 0) is 6.54 Å². The molecule has 3 nitrogen and oxygen atoms in total. The first kappa shape index (κ1) is 12.8. The average molecular weight is 223 g/mol. The standard InChI is InChI=1S/C13H21NO2/c1-5-9-14(2)10-11-7-6-8-12(15-3)13(11)16-4/h6-8H,5,9-10H2,1-4H3. The molecule has 0 N–H and O–H groups in total. The van der Waals surface area contributed by atoms with Crippen molar-refractivity contribution in [1.82, 2.24) is 4.90 Å². The minimum absolute atomic E-state index is 0.796. The summed E-state index contributed by atoms with van der Waals surface area (Å²) in [4.78, 5) is 2.28. The van der Waals surface area contributed by atoms with Gasteiger partial charge in [0.05, 0.1) is 14.2 Å². The number of hydrogen-bond donors (Lipinski definition) is 0. The van der Waals surface area contributed by atoms with Crippen LogP contribution in [0.1, 0.15) is 18.9 Å². The van der Waals surface area contributed by atoms with Crippen LogP contribution in [0.25, 0.3) is 0 Å². The van der Waals surface area contributed by atoms with Crippen LogP contribution in [0.4, 0.5) is 0 Å². The summed E-state index contributed by atoms with van der Waals surface area (Å²) in [6.45, 7) is 4.15. The van der Waals surface area contributed by atoms with Crippen LogP contribution in [0.5, 0.6) is 11.5 Å². The molecule has 90 valence electrons. The summed E-state index contributed by atoms with van der Waals surface area (Å²) in [5.74, 6) is 1.64. The van der Waals surface area contributed by atoms with E-state index in [-0.39, 0.29) is 0 Å². The number of hydrogen-bond acceptors (Lipinski definition) is 3. The van der Waals surface area contributed by atoms with E-state index in [0.29, 0.717) is 0 Å². The lowest BCUT2D eigenvalue weighted by molar-refractivity contribution is 0.310. The SMILES string of the molecule is CCCN(C)Cc1cccc(OC)c1OC. The number of methoxy groups -OCH3 is 2. The Hall–Kier alpha value is -1.22. The Morgan fingerprint density at radius 2 is 1.94 bits per heavy atom. The molecule has 1 rings (SSSR count). The molecule has 0 spiro atoms. The fourth-order valence-corrected chi connectivity index (χ4v) is 1.83. The van der Waals surface area contributed by atoms with Gasteiger partial charge in [0.25, 0.3) is 0 Å². The second-order valence-corrected chi connectivity index (χ2v) is 3.89. The second-order valence-electron chi connectivity index (χ2n) is 3.89. The van der Waals surface area contributed by atoms with Gasteiger partial charge in [-0.05, 0) is 26.1 Å². The predicted octanol–water partition coefficient (Wildman–Crippen LogP) is 2.55. The Balaban J connectivity index is 2.86. The Morgan fingerprint density at radius 1 is 1.19 bits per heavy atom. The fraction of sp³-hybridized carbons (Fsp3) is 0.538. The smallest absolute Gasteiger partial charge is 0.165 e. The van der Waals surface area contributed by atoms with E-state index in [1.165, 1.54) is 0 Å². The maximum atomic E-state index is 5.39. The van der Waals surface area contributed by atoms with Crippen molar-refractivity contribution in [2.24, 2.45) is 0 Å². The van der Waals surface area contributed by atoms with Crippen molar-refractivity contribution in [3.8, 4) is 11.5 Å². The van der Waals surface area contributed by atoms with E-state index in [9.17, 15) is 0 Å². The van der Waals surface area contributed by atoms with E-state index in [1.807, 2.05) is 12.1 Å². The predicted molar refractivity (Wildman–Crippen MR) is 66.2 cm³/mol. The van der Waals surface area contributed by atoms with Gasteiger partial charge < -0.3 is 14.4 Å². The first-order valence-corrected chi connectivity index (χ1v) is 5.61. The lowest BCUT2D eigenvalue weighted by atomic mass is 10.1. The van der Waals surface area contributed by atoms with Crippen molar-refractivity contribution in [2.75, 3.05) is 27.8 Å². The fourth-order valence-electron chi connectivity index (χ4n) is 1.83. The van der Waals surface area contributed by atoms with Crippen LogP contribution < -0.4 is 9.47 Å². The van der Waals surface area contributed by atoms with Crippen molar-refractivity contribution < 1.29 is 9.47 Å². The van der Waals surface area contributed by atoms with Crippen molar-refractivity contribution in [1.29, 1.82) is 0 Å². The molecule has 0 saturated carbocycles. The highest BCUT2D eigenvalue weighted by atomic mass is 16.5. The lowest BCUT2D eigenvalue weighted by Crippen LogP contribution is -2.18. The molecule has 0 atom stereocenters. The minimum Gasteiger partial charge on any atom is -0.493 e. The highest BCUT2D eigenvalue weighted by Crippen LogP contribution is 2.31. The third-order valence-electron chi connectivity index (χ3n) is 2.53. The Labute approximate surface area is 98.0 Å². The Kier molecular flexibility index (Phi) is 5.12. The Bertz CT molecular complexity index is 326. The molecule has 16 heavy (non-hydrogen) atoms. The first-order valence-electron chi connectivity index (χ1n) is 5.61. The zero-order valence-electron chi connectivity index (χ0n) is 10.6. The van der Waals surface area contributed by atoms with E-state index < -0.39 is 0 Å². The van der Waals surface area contributed by atoms with Crippen LogP contribution in [0, 0.1) is 0 Å². The van der Waals surface area contributed by atoms with Gasteiger partial charge in [0.1, 0.15) is 0 Å². The van der Waals surface area contributed by atoms with Gasteiger partial charge in [-0.25, -0.2) is 0 Å². The maximum Gasteiger partial charge on any atom is 0.165 e. The van der Waals surface area contributed by atoms with Crippen LogP contribution in [0.15, 0.2) is 18.2 Å². The number of nitrogens with zero attached hydrogens (tertiary/aromatic N) is 1. The van der Waals surface area contributed by atoms with Crippen LogP contribution in [0.3, 0.4) is 0 Å². The van der Waals surface area contributed by atoms with Gasteiger partial charge in [-0.3, -0.25) is 0 Å². The van der Waals surface area contributed by atoms with E-state index in [0.717, 1.165) is 36.6 Å². The highest BCUT2D eigenvalue weighted by Gasteiger charge is 2.10. The molecule has 0 fully saturated rings. The molecule has 0 aliphatic heterocycles. The van der Waals surface area contributed by atoms with E-state index in [2.05, 4.69) is 24.9 Å². The van der Waals surface area contributed by atoms with Crippen molar-refractivity contribution in [3.63, 3.8) is 0 Å². The van der Waals surface area contributed by atoms with Gasteiger partial charge in [-0.1, -0.05) is 19.1 Å². The molecule has 0 bridgehead atoms. The third-order valence-corrected chi connectivity index (χ3v) is 2.53. The number of para-hydroxylation sites is 1. The normalized spacial score (nSPS) is 10.6. The lowest BCUT2D eigenvalue weighted by Gasteiger charge is -2.18. The van der Waals surface area contributed by atoms with Gasteiger partial charge in [-0.2, -0.15) is 0 Å². The Morgan fingerprint density at radius 3 is 2.50 bits per heavy atom. The zero-order chi connectivity index (χ0) is 12.0. The van der Waals surface area contributed by atoms with Gasteiger partial charge in [-0.15, -0.1) is 0 Å². The van der Waals surface area contributed by atoms with Crippen LogP contribution >= 0.6 is 0 Å². The van der Waals surface area contributed by atoms with Crippen molar-refractivity contribution >= 4 is 0 Å². The summed E-state index contributed by atoms with van der Waals surface area (Å²) < 4.78 is 10.7. The third kappa shape index (κ3) is 3.14. The highest BCUT2D eigenvalue weighted by molar-refractivity contribution is 5.46. The van der Waals surface area contributed by atoms with E-state index in [1.54, 1.807) is 14.2 Å².